The van der Waals surface area contributed by atoms with Gasteiger partial charge in [-0.15, -0.1) is 0 Å². The Morgan fingerprint density at radius 3 is 2.83 bits per heavy atom. The minimum atomic E-state index is 0.243. The van der Waals surface area contributed by atoms with Crippen LogP contribution in [0.5, 0.6) is 0 Å². The van der Waals surface area contributed by atoms with Crippen molar-refractivity contribution in [3.05, 3.63) is 23.4 Å². The highest BCUT2D eigenvalue weighted by molar-refractivity contribution is 4.98. The van der Waals surface area contributed by atoms with E-state index in [0.717, 1.165) is 25.9 Å². The molecule has 0 saturated carbocycles. The number of likely N-dealkylation sites (tertiary alicyclic amines) is 1. The van der Waals surface area contributed by atoms with Crippen molar-refractivity contribution in [3.8, 4) is 0 Å². The number of aromatic nitrogens is 4. The van der Waals surface area contributed by atoms with E-state index in [9.17, 15) is 0 Å². The highest BCUT2D eigenvalue weighted by Crippen LogP contribution is 2.26. The Labute approximate surface area is 140 Å². The van der Waals surface area contributed by atoms with Gasteiger partial charge in [-0.05, 0) is 19.4 Å². The van der Waals surface area contributed by atoms with Crippen molar-refractivity contribution < 1.29 is 18.5 Å². The van der Waals surface area contributed by atoms with Crippen LogP contribution < -0.4 is 0 Å². The van der Waals surface area contributed by atoms with E-state index < -0.39 is 0 Å². The quantitative estimate of drug-likeness (QED) is 0.702. The van der Waals surface area contributed by atoms with Gasteiger partial charge in [0.1, 0.15) is 6.61 Å². The third kappa shape index (κ3) is 4.37. The highest BCUT2D eigenvalue weighted by Gasteiger charge is 2.26. The van der Waals surface area contributed by atoms with Crippen LogP contribution >= 0.6 is 0 Å². The van der Waals surface area contributed by atoms with E-state index in [2.05, 4.69) is 25.2 Å². The zero-order chi connectivity index (χ0) is 16.8. The molecule has 1 unspecified atom stereocenters. The Morgan fingerprint density at radius 1 is 1.12 bits per heavy atom. The first-order valence-electron chi connectivity index (χ1n) is 8.12. The molecule has 0 aromatic carbocycles. The summed E-state index contributed by atoms with van der Waals surface area (Å²) < 4.78 is 20.6. The average molecular weight is 337 g/mol. The third-order valence-corrected chi connectivity index (χ3v) is 4.01. The van der Waals surface area contributed by atoms with Gasteiger partial charge < -0.3 is 18.5 Å². The molecule has 2 aromatic heterocycles. The maximum Gasteiger partial charge on any atom is 0.252 e. The second-order valence-corrected chi connectivity index (χ2v) is 5.90. The monoisotopic (exact) mass is 337 g/mol. The molecule has 0 N–H and O–H groups in total. The fourth-order valence-electron chi connectivity index (χ4n) is 2.87. The molecule has 9 nitrogen and oxygen atoms in total. The molecular formula is C15H23N5O4. The summed E-state index contributed by atoms with van der Waals surface area (Å²) in [6, 6.07) is 0. The number of hydrogen-bond donors (Lipinski definition) is 0. The maximum absolute atomic E-state index is 5.43. The smallest absolute Gasteiger partial charge is 0.252 e. The minimum absolute atomic E-state index is 0.243. The van der Waals surface area contributed by atoms with Crippen LogP contribution in [0.2, 0.25) is 0 Å². The molecule has 0 spiro atoms. The van der Waals surface area contributed by atoms with Crippen molar-refractivity contribution in [3.63, 3.8) is 0 Å². The summed E-state index contributed by atoms with van der Waals surface area (Å²) in [7, 11) is 3.26. The first-order valence-corrected chi connectivity index (χ1v) is 8.12. The summed E-state index contributed by atoms with van der Waals surface area (Å²) in [4.78, 5) is 11.1. The molecule has 3 heterocycles. The van der Waals surface area contributed by atoms with Crippen molar-refractivity contribution >= 4 is 0 Å². The van der Waals surface area contributed by atoms with Gasteiger partial charge in [-0.1, -0.05) is 10.3 Å². The molecule has 0 radical (unpaired) electrons. The van der Waals surface area contributed by atoms with Crippen LogP contribution in [-0.2, 0) is 29.0 Å². The largest absolute Gasteiger partial charge is 0.384 e. The molecule has 1 fully saturated rings. The van der Waals surface area contributed by atoms with E-state index in [1.54, 1.807) is 14.2 Å². The van der Waals surface area contributed by atoms with Crippen molar-refractivity contribution in [2.75, 3.05) is 33.9 Å². The molecule has 1 aliphatic heterocycles. The summed E-state index contributed by atoms with van der Waals surface area (Å²) in [5, 5.41) is 8.01. The molecule has 24 heavy (non-hydrogen) atoms. The topological polar surface area (TPSA) is 99.5 Å². The first-order chi connectivity index (χ1) is 11.8. The van der Waals surface area contributed by atoms with Crippen LogP contribution in [0.1, 0.15) is 42.2 Å². The molecule has 1 aliphatic rings. The Hall–Kier alpha value is -1.84. The Kier molecular flexibility index (Phi) is 5.89. The van der Waals surface area contributed by atoms with Crippen LogP contribution in [0.15, 0.2) is 9.05 Å². The summed E-state index contributed by atoms with van der Waals surface area (Å²) >= 11 is 0. The van der Waals surface area contributed by atoms with Gasteiger partial charge >= 0.3 is 0 Å². The maximum atomic E-state index is 5.43. The Morgan fingerprint density at radius 2 is 2.00 bits per heavy atom. The van der Waals surface area contributed by atoms with Crippen molar-refractivity contribution in [1.82, 2.24) is 25.2 Å². The minimum Gasteiger partial charge on any atom is -0.384 e. The average Bonchev–Trinajstić information content (AvgIpc) is 3.23. The van der Waals surface area contributed by atoms with E-state index in [4.69, 9.17) is 18.5 Å². The summed E-state index contributed by atoms with van der Waals surface area (Å²) in [5.74, 6) is 2.83. The van der Waals surface area contributed by atoms with Crippen LogP contribution in [-0.4, -0.2) is 59.1 Å². The Bertz CT molecular complexity index is 629. The number of rotatable bonds is 8. The van der Waals surface area contributed by atoms with Gasteiger partial charge in [0.2, 0.25) is 5.89 Å². The zero-order valence-electron chi connectivity index (χ0n) is 14.1. The molecule has 0 aliphatic carbocycles. The summed E-state index contributed by atoms with van der Waals surface area (Å²) in [6.45, 7) is 3.42. The molecule has 1 atom stereocenters. The predicted molar refractivity (Wildman–Crippen MR) is 82.1 cm³/mol. The molecule has 9 heteroatoms. The van der Waals surface area contributed by atoms with Gasteiger partial charge in [0, 0.05) is 27.2 Å². The van der Waals surface area contributed by atoms with E-state index in [0.29, 0.717) is 49.6 Å². The molecule has 132 valence electrons. The molecular weight excluding hydrogens is 314 g/mol. The number of hydrogen-bond acceptors (Lipinski definition) is 9. The number of piperidine rings is 1. The highest BCUT2D eigenvalue weighted by atomic mass is 16.5. The molecule has 0 amide bonds. The number of ether oxygens (including phenoxy) is 2. The fraction of sp³-hybridized carbons (Fsp3) is 0.733. The number of methoxy groups -OCH3 is 2. The van der Waals surface area contributed by atoms with Crippen molar-refractivity contribution in [1.29, 1.82) is 0 Å². The standard InChI is InChI=1S/C15H23N5O4/c1-21-7-5-12-17-15(24-18-12)11-4-3-6-20(8-11)9-13-16-14(10-22-2)23-19-13/h11H,3-10H2,1-2H3. The lowest BCUT2D eigenvalue weighted by molar-refractivity contribution is 0.151. The molecule has 2 aromatic rings. The number of nitrogens with zero attached hydrogens (tertiary/aromatic N) is 5. The third-order valence-electron chi connectivity index (χ3n) is 4.01. The van der Waals surface area contributed by atoms with Gasteiger partial charge in [0.15, 0.2) is 11.6 Å². The van der Waals surface area contributed by atoms with Gasteiger partial charge in [-0.2, -0.15) is 9.97 Å². The summed E-state index contributed by atoms with van der Waals surface area (Å²) in [5.41, 5.74) is 0. The van der Waals surface area contributed by atoms with Crippen LogP contribution in [0, 0.1) is 0 Å². The van der Waals surface area contributed by atoms with Gasteiger partial charge in [0.25, 0.3) is 5.89 Å². The van der Waals surface area contributed by atoms with Gasteiger partial charge in [0.05, 0.1) is 19.1 Å². The van der Waals surface area contributed by atoms with Crippen LogP contribution in [0.4, 0.5) is 0 Å². The van der Waals surface area contributed by atoms with Gasteiger partial charge in [-0.3, -0.25) is 4.90 Å². The lowest BCUT2D eigenvalue weighted by atomic mass is 9.98. The molecule has 3 rings (SSSR count). The van der Waals surface area contributed by atoms with E-state index >= 15 is 0 Å². The van der Waals surface area contributed by atoms with Crippen LogP contribution in [0.3, 0.4) is 0 Å². The second kappa shape index (κ2) is 8.32. The van der Waals surface area contributed by atoms with E-state index in [-0.39, 0.29) is 5.92 Å². The van der Waals surface area contributed by atoms with Gasteiger partial charge in [-0.25, -0.2) is 0 Å². The second-order valence-electron chi connectivity index (χ2n) is 5.90. The van der Waals surface area contributed by atoms with Crippen LogP contribution in [0.25, 0.3) is 0 Å². The molecule has 1 saturated heterocycles. The predicted octanol–water partition coefficient (Wildman–Crippen LogP) is 1.17. The van der Waals surface area contributed by atoms with Crippen molar-refractivity contribution in [2.24, 2.45) is 0 Å². The lowest BCUT2D eigenvalue weighted by Crippen LogP contribution is -2.34. The van der Waals surface area contributed by atoms with E-state index in [1.165, 1.54) is 0 Å². The first kappa shape index (κ1) is 17.0. The molecule has 0 bridgehead atoms. The summed E-state index contributed by atoms with van der Waals surface area (Å²) in [6.07, 6.45) is 2.79. The SMILES string of the molecule is COCCc1noc(C2CCCN(Cc3noc(COC)n3)C2)n1. The fourth-order valence-corrected chi connectivity index (χ4v) is 2.87. The Balaban J connectivity index is 1.56. The van der Waals surface area contributed by atoms with E-state index in [1.807, 2.05) is 0 Å². The zero-order valence-corrected chi connectivity index (χ0v) is 14.1. The van der Waals surface area contributed by atoms with Crippen molar-refractivity contribution in [2.45, 2.75) is 38.3 Å². The lowest BCUT2D eigenvalue weighted by Gasteiger charge is -2.29. The normalized spacial score (nSPS) is 19.0.